The molecule has 0 aromatic carbocycles. The number of alkyl halides is 1. The molecule has 9 heteroatoms. The molecule has 4 atom stereocenters. The highest BCUT2D eigenvalue weighted by atomic mass is 28.4. The predicted octanol–water partition coefficient (Wildman–Crippen LogP) is 1.54. The Hall–Kier alpha value is -1.29. The molecule has 0 spiro atoms. The number of aliphatic hydroxyl groups is 1. The van der Waals surface area contributed by atoms with Crippen molar-refractivity contribution in [3.8, 4) is 0 Å². The summed E-state index contributed by atoms with van der Waals surface area (Å²) in [6.45, 7) is 11.5. The Kier molecular flexibility index (Phi) is 5.17. The first-order chi connectivity index (χ1) is 11.3. The van der Waals surface area contributed by atoms with Crippen molar-refractivity contribution >= 4 is 8.32 Å². The van der Waals surface area contributed by atoms with Crippen LogP contribution in [0.3, 0.4) is 0 Å². The summed E-state index contributed by atoms with van der Waals surface area (Å²) in [4.78, 5) is 25.2. The number of hydrogen-bond donors (Lipinski definition) is 2. The third kappa shape index (κ3) is 3.79. The summed E-state index contributed by atoms with van der Waals surface area (Å²) >= 11 is 0. The van der Waals surface area contributed by atoms with Crippen molar-refractivity contribution in [2.45, 2.75) is 69.9 Å². The van der Waals surface area contributed by atoms with E-state index in [1.807, 2.05) is 13.1 Å². The van der Waals surface area contributed by atoms with E-state index >= 15 is 4.39 Å². The molecule has 1 aliphatic rings. The molecule has 2 rings (SSSR count). The fourth-order valence-corrected chi connectivity index (χ4v) is 3.48. The van der Waals surface area contributed by atoms with Crippen molar-refractivity contribution in [1.29, 1.82) is 0 Å². The van der Waals surface area contributed by atoms with Gasteiger partial charge in [-0.05, 0) is 25.1 Å². The molecule has 0 radical (unpaired) electrons. The predicted molar refractivity (Wildman–Crippen MR) is 93.9 cm³/mol. The van der Waals surface area contributed by atoms with Gasteiger partial charge in [0.1, 0.15) is 12.2 Å². The highest BCUT2D eigenvalue weighted by molar-refractivity contribution is 6.74. The lowest BCUT2D eigenvalue weighted by Gasteiger charge is -2.37. The zero-order valence-electron chi connectivity index (χ0n) is 15.5. The SMILES string of the molecule is CC1(F)C(O)[C@H](CO[Si](C)(C)C(C)(C)C)O[C@@H]1n1ccc(=O)[nH]c1=O. The van der Waals surface area contributed by atoms with E-state index in [9.17, 15) is 14.7 Å². The summed E-state index contributed by atoms with van der Waals surface area (Å²) in [5.41, 5.74) is -3.58. The molecule has 1 aromatic rings. The molecule has 142 valence electrons. The summed E-state index contributed by atoms with van der Waals surface area (Å²) in [6.07, 6.45) is -2.55. The zero-order valence-corrected chi connectivity index (χ0v) is 16.5. The van der Waals surface area contributed by atoms with Gasteiger partial charge in [-0.1, -0.05) is 20.8 Å². The maximum atomic E-state index is 15.1. The average Bonchev–Trinajstić information content (AvgIpc) is 2.67. The van der Waals surface area contributed by atoms with Crippen LogP contribution in [-0.4, -0.2) is 47.5 Å². The molecule has 25 heavy (non-hydrogen) atoms. The molecule has 0 aliphatic carbocycles. The van der Waals surface area contributed by atoms with E-state index in [-0.39, 0.29) is 11.6 Å². The van der Waals surface area contributed by atoms with E-state index in [2.05, 4.69) is 25.8 Å². The summed E-state index contributed by atoms with van der Waals surface area (Å²) < 4.78 is 27.6. The Balaban J connectivity index is 2.22. The number of rotatable bonds is 4. The molecule has 1 saturated heterocycles. The third-order valence-electron chi connectivity index (χ3n) is 5.24. The van der Waals surface area contributed by atoms with E-state index in [1.54, 1.807) is 0 Å². The van der Waals surface area contributed by atoms with Crippen molar-refractivity contribution in [3.05, 3.63) is 33.1 Å². The van der Waals surface area contributed by atoms with Crippen LogP contribution in [0.15, 0.2) is 21.9 Å². The highest BCUT2D eigenvalue weighted by Crippen LogP contribution is 2.42. The first-order valence-corrected chi connectivity index (χ1v) is 11.2. The number of nitrogens with zero attached hydrogens (tertiary/aromatic N) is 1. The largest absolute Gasteiger partial charge is 0.414 e. The maximum absolute atomic E-state index is 15.1. The summed E-state index contributed by atoms with van der Waals surface area (Å²) in [5.74, 6) is 0. The Morgan fingerprint density at radius 2 is 2.04 bits per heavy atom. The Morgan fingerprint density at radius 1 is 1.44 bits per heavy atom. The van der Waals surface area contributed by atoms with Gasteiger partial charge in [0.25, 0.3) is 5.56 Å². The van der Waals surface area contributed by atoms with Crippen LogP contribution in [0.5, 0.6) is 0 Å². The molecule has 0 amide bonds. The lowest BCUT2D eigenvalue weighted by molar-refractivity contribution is -0.0597. The van der Waals surface area contributed by atoms with Crippen LogP contribution in [0.2, 0.25) is 18.1 Å². The van der Waals surface area contributed by atoms with Crippen LogP contribution in [0, 0.1) is 0 Å². The van der Waals surface area contributed by atoms with Crippen LogP contribution in [0.25, 0.3) is 0 Å². The van der Waals surface area contributed by atoms with Gasteiger partial charge >= 0.3 is 5.69 Å². The lowest BCUT2D eigenvalue weighted by Crippen LogP contribution is -2.46. The number of aromatic nitrogens is 2. The third-order valence-corrected chi connectivity index (χ3v) is 9.74. The van der Waals surface area contributed by atoms with E-state index in [0.717, 1.165) is 16.8 Å². The normalized spacial score (nSPS) is 30.6. The fourth-order valence-electron chi connectivity index (χ4n) is 2.47. The first-order valence-electron chi connectivity index (χ1n) is 8.25. The number of aromatic amines is 1. The average molecular weight is 374 g/mol. The summed E-state index contributed by atoms with van der Waals surface area (Å²) in [7, 11) is -2.10. The second kappa shape index (κ2) is 6.46. The van der Waals surface area contributed by atoms with Crippen LogP contribution >= 0.6 is 0 Å². The van der Waals surface area contributed by atoms with Gasteiger partial charge in [0.05, 0.1) is 6.61 Å². The van der Waals surface area contributed by atoms with E-state index in [1.165, 1.54) is 6.92 Å². The minimum atomic E-state index is -2.20. The smallest absolute Gasteiger partial charge is 0.330 e. The molecule has 0 saturated carbocycles. The number of H-pyrrole nitrogens is 1. The van der Waals surface area contributed by atoms with Crippen molar-refractivity contribution < 1.29 is 18.7 Å². The topological polar surface area (TPSA) is 93.5 Å². The standard InChI is InChI=1S/C16H27FN2O5Si/c1-15(2,3)25(5,6)23-9-10-12(21)16(4,17)13(24-10)19-8-7-11(20)18-14(19)22/h7-8,10,12-13,21H,9H2,1-6H3,(H,18,20,22)/t10-,12?,13-,16?/m0/s1. The van der Waals surface area contributed by atoms with Crippen molar-refractivity contribution in [2.75, 3.05) is 6.61 Å². The number of hydrogen-bond acceptors (Lipinski definition) is 5. The highest BCUT2D eigenvalue weighted by Gasteiger charge is 2.55. The van der Waals surface area contributed by atoms with Crippen molar-refractivity contribution in [1.82, 2.24) is 9.55 Å². The van der Waals surface area contributed by atoms with Crippen LogP contribution in [0.4, 0.5) is 4.39 Å². The molecule has 0 bridgehead atoms. The van der Waals surface area contributed by atoms with Crippen molar-refractivity contribution in [2.24, 2.45) is 0 Å². The lowest BCUT2D eigenvalue weighted by atomic mass is 9.98. The number of halogens is 1. The van der Waals surface area contributed by atoms with Crippen LogP contribution < -0.4 is 11.2 Å². The number of ether oxygens (including phenoxy) is 1. The van der Waals surface area contributed by atoms with Crippen LogP contribution in [0.1, 0.15) is 33.9 Å². The minimum absolute atomic E-state index is 0.0335. The van der Waals surface area contributed by atoms with Crippen LogP contribution in [-0.2, 0) is 9.16 Å². The molecule has 2 unspecified atom stereocenters. The molecular weight excluding hydrogens is 347 g/mol. The number of aliphatic hydroxyl groups excluding tert-OH is 1. The summed E-state index contributed by atoms with van der Waals surface area (Å²) in [6, 6.07) is 1.10. The Bertz CT molecular complexity index is 737. The fraction of sp³-hybridized carbons (Fsp3) is 0.750. The molecule has 1 aromatic heterocycles. The number of nitrogens with one attached hydrogen (secondary N) is 1. The van der Waals surface area contributed by atoms with Crippen molar-refractivity contribution in [3.63, 3.8) is 0 Å². The minimum Gasteiger partial charge on any atom is -0.414 e. The molecular formula is C16H27FN2O5Si. The zero-order chi connectivity index (χ0) is 19.2. The van der Waals surface area contributed by atoms with Gasteiger partial charge in [-0.15, -0.1) is 0 Å². The van der Waals surface area contributed by atoms with E-state index in [4.69, 9.17) is 9.16 Å². The molecule has 7 nitrogen and oxygen atoms in total. The second-order valence-electron chi connectivity index (χ2n) is 8.21. The van der Waals surface area contributed by atoms with Gasteiger partial charge in [-0.2, -0.15) is 0 Å². The quantitative estimate of drug-likeness (QED) is 0.780. The molecule has 2 N–H and O–H groups in total. The Labute approximate surface area is 146 Å². The van der Waals surface area contributed by atoms with Gasteiger partial charge < -0.3 is 14.3 Å². The first kappa shape index (κ1) is 20.0. The van der Waals surface area contributed by atoms with Gasteiger partial charge in [0.2, 0.25) is 0 Å². The van der Waals surface area contributed by atoms with E-state index in [0.29, 0.717) is 0 Å². The monoisotopic (exact) mass is 374 g/mol. The Morgan fingerprint density at radius 3 is 2.56 bits per heavy atom. The van der Waals surface area contributed by atoms with Gasteiger partial charge in [-0.25, -0.2) is 9.18 Å². The van der Waals surface area contributed by atoms with Gasteiger partial charge in [-0.3, -0.25) is 14.3 Å². The molecule has 1 fully saturated rings. The van der Waals surface area contributed by atoms with Gasteiger partial charge in [0.15, 0.2) is 20.2 Å². The van der Waals surface area contributed by atoms with E-state index < -0.39 is 43.7 Å². The molecule has 2 heterocycles. The molecule has 1 aliphatic heterocycles. The van der Waals surface area contributed by atoms with Gasteiger partial charge in [0, 0.05) is 12.3 Å². The maximum Gasteiger partial charge on any atom is 0.330 e. The second-order valence-corrected chi connectivity index (χ2v) is 13.0. The summed E-state index contributed by atoms with van der Waals surface area (Å²) in [5, 5.41) is 10.3.